The summed E-state index contributed by atoms with van der Waals surface area (Å²) in [6, 6.07) is 1.71. The summed E-state index contributed by atoms with van der Waals surface area (Å²) < 4.78 is 4.97. The summed E-state index contributed by atoms with van der Waals surface area (Å²) in [7, 11) is 0. The van der Waals surface area contributed by atoms with Crippen molar-refractivity contribution in [2.75, 3.05) is 38.0 Å². The Morgan fingerprint density at radius 2 is 1.71 bits per heavy atom. The maximum atomic E-state index is 13.3. The number of carbonyl (C=O) groups is 2. The first-order valence-electron chi connectivity index (χ1n) is 10.8. The van der Waals surface area contributed by atoms with Crippen LogP contribution in [0.5, 0.6) is 0 Å². The van der Waals surface area contributed by atoms with Gasteiger partial charge in [-0.15, -0.1) is 0 Å². The first-order chi connectivity index (χ1) is 13.5. The van der Waals surface area contributed by atoms with Crippen LogP contribution in [-0.4, -0.2) is 59.5 Å². The van der Waals surface area contributed by atoms with Crippen molar-refractivity contribution in [3.8, 4) is 0 Å². The topological polar surface area (TPSA) is 78.7 Å². The molecule has 152 valence electrons. The first kappa shape index (κ1) is 18.2. The molecule has 1 saturated heterocycles. The molecule has 0 spiro atoms. The molecule has 1 aromatic heterocycles. The van der Waals surface area contributed by atoms with Gasteiger partial charge in [-0.2, -0.15) is 0 Å². The van der Waals surface area contributed by atoms with Crippen molar-refractivity contribution in [3.05, 3.63) is 11.8 Å². The molecule has 1 aromatic rings. The maximum absolute atomic E-state index is 13.3. The zero-order valence-corrected chi connectivity index (χ0v) is 16.6. The molecule has 1 N–H and O–H groups in total. The van der Waals surface area contributed by atoms with Crippen LogP contribution in [-0.2, 0) is 9.59 Å². The van der Waals surface area contributed by atoms with Crippen LogP contribution in [0.3, 0.4) is 0 Å². The van der Waals surface area contributed by atoms with Gasteiger partial charge in [0.25, 0.3) is 0 Å². The molecule has 0 radical (unpaired) electrons. The largest absolute Gasteiger partial charge is 0.360 e. The molecule has 6 rings (SSSR count). The van der Waals surface area contributed by atoms with E-state index < -0.39 is 0 Å². The fraction of sp³-hybridized carbons (Fsp3) is 0.762. The Morgan fingerprint density at radius 1 is 1.07 bits per heavy atom. The normalized spacial score (nSPS) is 34.6. The molecule has 5 fully saturated rings. The van der Waals surface area contributed by atoms with E-state index in [0.29, 0.717) is 35.9 Å². The van der Waals surface area contributed by atoms with Gasteiger partial charge >= 0.3 is 0 Å². The maximum Gasteiger partial charge on any atom is 0.239 e. The highest BCUT2D eigenvalue weighted by molar-refractivity contribution is 5.91. The molecule has 28 heavy (non-hydrogen) atoms. The molecular formula is C21H30N4O3. The number of nitrogens with one attached hydrogen (secondary N) is 1. The minimum atomic E-state index is -0.0888. The third-order valence-corrected chi connectivity index (χ3v) is 7.46. The number of aromatic nitrogens is 1. The van der Waals surface area contributed by atoms with Crippen LogP contribution in [0.4, 0.5) is 5.82 Å². The molecule has 4 aliphatic carbocycles. The molecule has 0 aromatic carbocycles. The van der Waals surface area contributed by atoms with E-state index >= 15 is 0 Å². The second kappa shape index (κ2) is 7.17. The number of hydrogen-bond acceptors (Lipinski definition) is 5. The minimum absolute atomic E-state index is 0.0888. The second-order valence-corrected chi connectivity index (χ2v) is 9.43. The molecule has 5 aliphatic rings. The third-order valence-electron chi connectivity index (χ3n) is 7.46. The Balaban J connectivity index is 1.12. The number of amides is 2. The van der Waals surface area contributed by atoms with Crippen molar-refractivity contribution < 1.29 is 14.1 Å². The van der Waals surface area contributed by atoms with Gasteiger partial charge < -0.3 is 14.7 Å². The molecule has 7 heteroatoms. The van der Waals surface area contributed by atoms with Crippen molar-refractivity contribution in [2.24, 2.45) is 29.6 Å². The van der Waals surface area contributed by atoms with E-state index in [4.69, 9.17) is 4.52 Å². The Bertz CT molecular complexity index is 725. The number of piperazine rings is 1. The number of carbonyl (C=O) groups excluding carboxylic acids is 2. The van der Waals surface area contributed by atoms with E-state index in [2.05, 4.69) is 20.3 Å². The van der Waals surface area contributed by atoms with Crippen LogP contribution in [0.2, 0.25) is 0 Å². The summed E-state index contributed by atoms with van der Waals surface area (Å²) >= 11 is 0. The quantitative estimate of drug-likeness (QED) is 0.858. The van der Waals surface area contributed by atoms with E-state index in [1.54, 1.807) is 13.0 Å². The number of rotatable bonds is 4. The van der Waals surface area contributed by atoms with Crippen LogP contribution in [0.15, 0.2) is 10.6 Å². The minimum Gasteiger partial charge on any atom is -0.360 e. The number of hydrogen-bond donors (Lipinski definition) is 1. The summed E-state index contributed by atoms with van der Waals surface area (Å²) in [6.45, 7) is 5.10. The molecule has 2 heterocycles. The zero-order valence-electron chi connectivity index (χ0n) is 16.6. The summed E-state index contributed by atoms with van der Waals surface area (Å²) in [6.07, 6.45) is 6.55. The molecule has 4 saturated carbocycles. The Morgan fingerprint density at radius 3 is 2.29 bits per heavy atom. The van der Waals surface area contributed by atoms with Gasteiger partial charge in [-0.1, -0.05) is 5.16 Å². The molecule has 0 atom stereocenters. The smallest absolute Gasteiger partial charge is 0.239 e. The fourth-order valence-corrected chi connectivity index (χ4v) is 6.48. The van der Waals surface area contributed by atoms with Gasteiger partial charge in [0.05, 0.1) is 6.54 Å². The molecular weight excluding hydrogens is 356 g/mol. The summed E-state index contributed by atoms with van der Waals surface area (Å²) in [4.78, 5) is 29.7. The van der Waals surface area contributed by atoms with Gasteiger partial charge in [0.15, 0.2) is 5.82 Å². The number of nitrogens with zero attached hydrogens (tertiary/aromatic N) is 3. The SMILES string of the molecule is Cc1cc(NC(=O)CN2CCN(C(=O)C3C4CC5CC(C4)CC3C5)CC2)no1. The van der Waals surface area contributed by atoms with E-state index in [9.17, 15) is 9.59 Å². The predicted octanol–water partition coefficient (Wildman–Crippen LogP) is 2.14. The predicted molar refractivity (Wildman–Crippen MR) is 103 cm³/mol. The highest BCUT2D eigenvalue weighted by Crippen LogP contribution is 2.56. The van der Waals surface area contributed by atoms with Crippen LogP contribution in [0.25, 0.3) is 0 Å². The average molecular weight is 386 g/mol. The molecule has 4 bridgehead atoms. The Hall–Kier alpha value is -1.89. The lowest BCUT2D eigenvalue weighted by Crippen LogP contribution is -2.56. The van der Waals surface area contributed by atoms with Gasteiger partial charge in [0.1, 0.15) is 5.76 Å². The van der Waals surface area contributed by atoms with Gasteiger partial charge in [0, 0.05) is 38.2 Å². The molecule has 1 aliphatic heterocycles. The van der Waals surface area contributed by atoms with Crippen molar-refractivity contribution in [1.82, 2.24) is 15.0 Å². The van der Waals surface area contributed by atoms with E-state index in [-0.39, 0.29) is 11.8 Å². The van der Waals surface area contributed by atoms with Crippen molar-refractivity contribution in [3.63, 3.8) is 0 Å². The second-order valence-electron chi connectivity index (χ2n) is 9.43. The number of aryl methyl sites for hydroxylation is 1. The third kappa shape index (κ3) is 3.45. The van der Waals surface area contributed by atoms with Crippen LogP contribution >= 0.6 is 0 Å². The monoisotopic (exact) mass is 386 g/mol. The lowest BCUT2D eigenvalue weighted by Gasteiger charge is -2.54. The van der Waals surface area contributed by atoms with Gasteiger partial charge in [0.2, 0.25) is 11.8 Å². The van der Waals surface area contributed by atoms with Crippen LogP contribution in [0.1, 0.15) is 37.9 Å². The fourth-order valence-electron chi connectivity index (χ4n) is 6.48. The first-order valence-corrected chi connectivity index (χ1v) is 10.8. The van der Waals surface area contributed by atoms with E-state index in [1.807, 2.05) is 0 Å². The van der Waals surface area contributed by atoms with Crippen molar-refractivity contribution in [2.45, 2.75) is 39.0 Å². The summed E-state index contributed by atoms with van der Waals surface area (Å²) in [5.74, 6) is 4.79. The van der Waals surface area contributed by atoms with Crippen LogP contribution in [0, 0.1) is 36.5 Å². The van der Waals surface area contributed by atoms with Gasteiger partial charge in [-0.05, 0) is 62.7 Å². The highest BCUT2D eigenvalue weighted by atomic mass is 16.5. The van der Waals surface area contributed by atoms with E-state index in [1.165, 1.54) is 32.1 Å². The Kier molecular flexibility index (Phi) is 4.65. The van der Waals surface area contributed by atoms with Gasteiger partial charge in [-0.3, -0.25) is 14.5 Å². The lowest BCUT2D eigenvalue weighted by molar-refractivity contribution is -0.150. The van der Waals surface area contributed by atoms with Gasteiger partial charge in [-0.25, -0.2) is 0 Å². The zero-order chi connectivity index (χ0) is 19.3. The number of anilines is 1. The molecule has 2 amide bonds. The molecule has 7 nitrogen and oxygen atoms in total. The molecule has 0 unspecified atom stereocenters. The van der Waals surface area contributed by atoms with Crippen LogP contribution < -0.4 is 5.32 Å². The standard InChI is InChI=1S/C21H30N4O3/c1-13-6-18(23-28-13)22-19(26)12-24-2-4-25(5-3-24)21(27)20-16-8-14-7-15(10-16)11-17(20)9-14/h6,14-17,20H,2-5,7-12H2,1H3,(H,22,23,26). The summed E-state index contributed by atoms with van der Waals surface area (Å²) in [5.41, 5.74) is 0. The summed E-state index contributed by atoms with van der Waals surface area (Å²) in [5, 5.41) is 6.56. The highest BCUT2D eigenvalue weighted by Gasteiger charge is 2.51. The Labute approximate surface area is 165 Å². The lowest BCUT2D eigenvalue weighted by atomic mass is 9.51. The van der Waals surface area contributed by atoms with Crippen molar-refractivity contribution >= 4 is 17.6 Å². The van der Waals surface area contributed by atoms with Crippen molar-refractivity contribution in [1.29, 1.82) is 0 Å². The van der Waals surface area contributed by atoms with E-state index in [0.717, 1.165) is 38.0 Å². The average Bonchev–Trinajstić information content (AvgIpc) is 3.06.